The highest BCUT2D eigenvalue weighted by atomic mass is 32.1. The molecule has 3 nitrogen and oxygen atoms in total. The maximum Gasteiger partial charge on any atom is 0.128 e. The van der Waals surface area contributed by atoms with Crippen molar-refractivity contribution >= 4 is 135 Å². The Labute approximate surface area is 323 Å². The molecule has 12 aromatic rings. The molecular formula is C50H29N3S2. The van der Waals surface area contributed by atoms with Crippen molar-refractivity contribution < 1.29 is 0 Å². The van der Waals surface area contributed by atoms with Gasteiger partial charge in [0.15, 0.2) is 0 Å². The van der Waals surface area contributed by atoms with Gasteiger partial charge in [-0.3, -0.25) is 9.98 Å². The first-order valence-corrected chi connectivity index (χ1v) is 20.1. The molecule has 0 aliphatic rings. The van der Waals surface area contributed by atoms with Crippen molar-refractivity contribution in [2.45, 2.75) is 0 Å². The average molecular weight is 736 g/mol. The molecule has 1 N–H and O–H groups in total. The highest BCUT2D eigenvalue weighted by molar-refractivity contribution is 7.26. The fourth-order valence-corrected chi connectivity index (χ4v) is 11.2. The van der Waals surface area contributed by atoms with E-state index in [1.54, 1.807) is 22.7 Å². The summed E-state index contributed by atoms with van der Waals surface area (Å²) >= 11 is 3.43. The van der Waals surface area contributed by atoms with Crippen molar-refractivity contribution in [3.63, 3.8) is 0 Å². The second-order valence-electron chi connectivity index (χ2n) is 14.2. The van der Waals surface area contributed by atoms with Gasteiger partial charge < -0.3 is 0 Å². The van der Waals surface area contributed by atoms with Crippen molar-refractivity contribution in [3.05, 3.63) is 175 Å². The van der Waals surface area contributed by atoms with Gasteiger partial charge in [0.25, 0.3) is 0 Å². The van der Waals surface area contributed by atoms with Gasteiger partial charge in [-0.2, -0.15) is 0 Å². The summed E-state index contributed by atoms with van der Waals surface area (Å²) in [4.78, 5) is 5.35. The van der Waals surface area contributed by atoms with Crippen LogP contribution in [0, 0.1) is 5.41 Å². The number of nitrogens with one attached hydrogen (secondary N) is 1. The Morgan fingerprint density at radius 2 is 1.00 bits per heavy atom. The molecule has 0 unspecified atom stereocenters. The van der Waals surface area contributed by atoms with Crippen molar-refractivity contribution in [3.8, 4) is 0 Å². The molecule has 0 saturated heterocycles. The van der Waals surface area contributed by atoms with E-state index in [2.05, 4.69) is 168 Å². The monoisotopic (exact) mass is 735 g/mol. The number of hydrogen-bond donors (Lipinski definition) is 1. The van der Waals surface area contributed by atoms with E-state index in [0.717, 1.165) is 42.6 Å². The topological polar surface area (TPSA) is 41.1 Å². The normalized spacial score (nSPS) is 12.4. The third kappa shape index (κ3) is 4.36. The van der Waals surface area contributed by atoms with Gasteiger partial charge in [0.1, 0.15) is 11.3 Å². The Kier molecular flexibility index (Phi) is 6.53. The summed E-state index contributed by atoms with van der Waals surface area (Å²) < 4.78 is 5.82. The third-order valence-corrected chi connectivity index (χ3v) is 13.6. The van der Waals surface area contributed by atoms with Crippen LogP contribution in [0.5, 0.6) is 0 Å². The number of nitrogens with zero attached hydrogens (tertiary/aromatic N) is 2. The molecule has 0 radical (unpaired) electrons. The number of fused-ring (bicyclic) bond motifs is 16. The number of thiophene rings is 2. The number of rotatable bonds is 4. The SMILES string of the molecule is N=C(c1c(/N=C/n2c3ccc4ccccc4c3c3c4c5ccccc5c5ccccc5c4ccc32)sc2ccccc12)c1cccc2sc3ccccc3c12. The maximum absolute atomic E-state index is 9.88. The molecule has 12 rings (SSSR count). The van der Waals surface area contributed by atoms with Gasteiger partial charge in [0, 0.05) is 57.5 Å². The molecule has 3 aromatic heterocycles. The Balaban J connectivity index is 1.15. The highest BCUT2D eigenvalue weighted by Crippen LogP contribution is 2.45. The Morgan fingerprint density at radius 1 is 0.436 bits per heavy atom. The van der Waals surface area contributed by atoms with Gasteiger partial charge in [-0.15, -0.1) is 22.7 Å². The molecule has 0 saturated carbocycles. The lowest BCUT2D eigenvalue weighted by molar-refractivity contribution is 1.31. The van der Waals surface area contributed by atoms with Crippen LogP contribution in [0.25, 0.3) is 95.2 Å². The minimum absolute atomic E-state index is 0.497. The van der Waals surface area contributed by atoms with Crippen LogP contribution < -0.4 is 0 Å². The lowest BCUT2D eigenvalue weighted by atomic mass is 9.91. The molecule has 0 bridgehead atoms. The second kappa shape index (κ2) is 11.7. The summed E-state index contributed by atoms with van der Waals surface area (Å²) in [6.45, 7) is 0. The summed E-state index contributed by atoms with van der Waals surface area (Å²) in [6, 6.07) is 58.7. The second-order valence-corrected chi connectivity index (χ2v) is 16.3. The predicted molar refractivity (Wildman–Crippen MR) is 240 cm³/mol. The van der Waals surface area contributed by atoms with Gasteiger partial charge >= 0.3 is 0 Å². The smallest absolute Gasteiger partial charge is 0.128 e. The summed E-state index contributed by atoms with van der Waals surface area (Å²) in [5.74, 6) is 0. The molecule has 0 fully saturated rings. The first kappa shape index (κ1) is 30.8. The molecule has 0 spiro atoms. The van der Waals surface area contributed by atoms with Gasteiger partial charge in [-0.25, -0.2) is 4.99 Å². The van der Waals surface area contributed by atoms with E-state index in [9.17, 15) is 5.41 Å². The Morgan fingerprint density at radius 3 is 1.78 bits per heavy atom. The standard InChI is InChI=1S/C50H29N3S2/c51-49(38-20-11-23-43-44(38)36-18-7-9-21-41(36)54-43)47-37-19-8-10-22-42(37)55-50(47)52-28-53-39-26-24-29-12-1-2-13-30(29)46(39)48-40(53)27-25-35-33-16-4-3-14-31(33)32-15-5-6-17-34(32)45(35)48/h1-28,51H/b51-49?,52-28+. The van der Waals surface area contributed by atoms with E-state index in [1.165, 1.54) is 68.6 Å². The molecule has 5 heteroatoms. The van der Waals surface area contributed by atoms with E-state index in [-0.39, 0.29) is 0 Å². The lowest BCUT2D eigenvalue weighted by Gasteiger charge is -2.12. The van der Waals surface area contributed by atoms with Crippen molar-refractivity contribution in [2.75, 3.05) is 0 Å². The molecule has 0 aliphatic heterocycles. The minimum Gasteiger partial charge on any atom is -0.300 e. The summed E-state index contributed by atoms with van der Waals surface area (Å²) in [5, 5.41) is 26.5. The van der Waals surface area contributed by atoms with Crippen molar-refractivity contribution in [1.82, 2.24) is 4.57 Å². The summed E-state index contributed by atoms with van der Waals surface area (Å²) in [5.41, 5.74) is 4.51. The number of benzene rings is 9. The van der Waals surface area contributed by atoms with Gasteiger partial charge in [-0.05, 0) is 68.0 Å². The fourth-order valence-electron chi connectivity index (χ4n) is 9.01. The van der Waals surface area contributed by atoms with Crippen LogP contribution >= 0.6 is 22.7 Å². The van der Waals surface area contributed by atoms with Gasteiger partial charge in [0.05, 0.1) is 16.7 Å². The highest BCUT2D eigenvalue weighted by Gasteiger charge is 2.22. The van der Waals surface area contributed by atoms with E-state index < -0.39 is 0 Å². The summed E-state index contributed by atoms with van der Waals surface area (Å²) in [7, 11) is 0. The quantitative estimate of drug-likeness (QED) is 0.106. The van der Waals surface area contributed by atoms with Crippen LogP contribution in [0.1, 0.15) is 11.1 Å². The first-order valence-electron chi connectivity index (χ1n) is 18.5. The number of aliphatic imine (C=N–C) groups is 1. The zero-order valence-electron chi connectivity index (χ0n) is 29.4. The molecule has 0 aliphatic carbocycles. The van der Waals surface area contributed by atoms with Crippen molar-refractivity contribution in [2.24, 2.45) is 4.99 Å². The number of hydrogen-bond acceptors (Lipinski definition) is 4. The molecule has 9 aromatic carbocycles. The van der Waals surface area contributed by atoms with E-state index in [4.69, 9.17) is 4.99 Å². The Bertz CT molecular complexity index is 3600. The van der Waals surface area contributed by atoms with Gasteiger partial charge in [0.2, 0.25) is 0 Å². The van der Waals surface area contributed by atoms with Crippen LogP contribution in [0.15, 0.2) is 169 Å². The minimum atomic E-state index is 0.497. The zero-order chi connectivity index (χ0) is 36.2. The molecule has 3 heterocycles. The molecule has 0 atom stereocenters. The first-order chi connectivity index (χ1) is 27.2. The molecule has 0 amide bonds. The van der Waals surface area contributed by atoms with E-state index >= 15 is 0 Å². The van der Waals surface area contributed by atoms with Gasteiger partial charge in [-0.1, -0.05) is 133 Å². The third-order valence-electron chi connectivity index (χ3n) is 11.4. The average Bonchev–Trinajstić information content (AvgIpc) is 3.92. The van der Waals surface area contributed by atoms with Crippen LogP contribution in [0.2, 0.25) is 0 Å². The van der Waals surface area contributed by atoms with Crippen LogP contribution in [-0.4, -0.2) is 16.6 Å². The molecule has 256 valence electrons. The largest absolute Gasteiger partial charge is 0.300 e. The Hall–Kier alpha value is -6.66. The van der Waals surface area contributed by atoms with E-state index in [0.29, 0.717) is 5.71 Å². The zero-order valence-corrected chi connectivity index (χ0v) is 31.0. The van der Waals surface area contributed by atoms with Crippen LogP contribution in [0.3, 0.4) is 0 Å². The maximum atomic E-state index is 9.88. The van der Waals surface area contributed by atoms with Crippen LogP contribution in [0.4, 0.5) is 5.00 Å². The van der Waals surface area contributed by atoms with Crippen molar-refractivity contribution in [1.29, 1.82) is 5.41 Å². The number of aromatic nitrogens is 1. The lowest BCUT2D eigenvalue weighted by Crippen LogP contribution is -2.02. The van der Waals surface area contributed by atoms with Crippen LogP contribution in [-0.2, 0) is 0 Å². The molecule has 55 heavy (non-hydrogen) atoms. The summed E-state index contributed by atoms with van der Waals surface area (Å²) in [6.07, 6.45) is 2.00. The fraction of sp³-hybridized carbons (Fsp3) is 0. The molecular weight excluding hydrogens is 707 g/mol. The van der Waals surface area contributed by atoms with E-state index in [1.807, 2.05) is 6.34 Å². The predicted octanol–water partition coefficient (Wildman–Crippen LogP) is 14.6.